The van der Waals surface area contributed by atoms with E-state index < -0.39 is 33.1 Å². The summed E-state index contributed by atoms with van der Waals surface area (Å²) in [6.45, 7) is -0.645. The maximum Gasteiger partial charge on any atom is 0.293 e. The summed E-state index contributed by atoms with van der Waals surface area (Å²) in [4.78, 5) is 25.0. The molecule has 0 saturated heterocycles. The Labute approximate surface area is 219 Å². The van der Waals surface area contributed by atoms with Crippen molar-refractivity contribution in [2.75, 3.05) is 16.2 Å². The number of hydrogen-bond donors (Lipinski definition) is 1. The maximum atomic E-state index is 13.5. The van der Waals surface area contributed by atoms with Gasteiger partial charge >= 0.3 is 0 Å². The number of rotatable bonds is 10. The fourth-order valence-electron chi connectivity index (χ4n) is 3.55. The van der Waals surface area contributed by atoms with Gasteiger partial charge in [0.25, 0.3) is 15.7 Å². The highest BCUT2D eigenvalue weighted by Gasteiger charge is 2.31. The van der Waals surface area contributed by atoms with Crippen molar-refractivity contribution in [2.45, 2.75) is 15.5 Å². The Hall–Kier alpha value is -4.15. The summed E-state index contributed by atoms with van der Waals surface area (Å²) >= 11 is 1.69. The first kappa shape index (κ1) is 25.9. The van der Waals surface area contributed by atoms with Crippen LogP contribution in [0.3, 0.4) is 0 Å². The Balaban J connectivity index is 1.53. The zero-order chi connectivity index (χ0) is 26.3. The zero-order valence-corrected chi connectivity index (χ0v) is 21.2. The average Bonchev–Trinajstić information content (AvgIpc) is 2.92. The van der Waals surface area contributed by atoms with Gasteiger partial charge in [-0.05, 0) is 48.0 Å². The molecule has 37 heavy (non-hydrogen) atoms. The number of nitrogens with zero attached hydrogens (tertiary/aromatic N) is 2. The lowest BCUT2D eigenvalue weighted by atomic mass is 10.2. The second-order valence-corrected chi connectivity index (χ2v) is 10.8. The van der Waals surface area contributed by atoms with E-state index in [4.69, 9.17) is 0 Å². The van der Waals surface area contributed by atoms with Gasteiger partial charge < -0.3 is 5.32 Å². The molecule has 0 aliphatic carbocycles. The molecule has 4 aromatic rings. The molecule has 0 radical (unpaired) electrons. The van der Waals surface area contributed by atoms with Crippen LogP contribution in [0, 0.1) is 10.1 Å². The van der Waals surface area contributed by atoms with Crippen LogP contribution in [0.1, 0.15) is 5.56 Å². The molecular formula is C27H23N3O5S2. The van der Waals surface area contributed by atoms with Crippen molar-refractivity contribution >= 4 is 44.8 Å². The predicted octanol–water partition coefficient (Wildman–Crippen LogP) is 5.72. The highest BCUT2D eigenvalue weighted by atomic mass is 32.2. The van der Waals surface area contributed by atoms with Gasteiger partial charge in [0.05, 0.1) is 9.82 Å². The number of carbonyl (C=O) groups excluding carboxylic acids is 1. The lowest BCUT2D eigenvalue weighted by Crippen LogP contribution is -2.38. The van der Waals surface area contributed by atoms with E-state index in [1.807, 2.05) is 42.5 Å². The normalized spacial score (nSPS) is 11.0. The Morgan fingerprint density at radius 2 is 1.43 bits per heavy atom. The fraction of sp³-hybridized carbons (Fsp3) is 0.0741. The van der Waals surface area contributed by atoms with Gasteiger partial charge in [0.15, 0.2) is 0 Å². The van der Waals surface area contributed by atoms with E-state index in [0.29, 0.717) is 5.69 Å². The number of amides is 1. The number of nitro benzene ring substituents is 1. The van der Waals surface area contributed by atoms with Gasteiger partial charge in [-0.2, -0.15) is 0 Å². The van der Waals surface area contributed by atoms with Gasteiger partial charge in [-0.15, -0.1) is 11.8 Å². The van der Waals surface area contributed by atoms with E-state index in [9.17, 15) is 23.3 Å². The Morgan fingerprint density at radius 1 is 0.838 bits per heavy atom. The smallest absolute Gasteiger partial charge is 0.293 e. The molecule has 0 atom stereocenters. The summed E-state index contributed by atoms with van der Waals surface area (Å²) < 4.78 is 27.7. The van der Waals surface area contributed by atoms with Crippen molar-refractivity contribution in [3.05, 3.63) is 125 Å². The maximum absolute atomic E-state index is 13.5. The van der Waals surface area contributed by atoms with Crippen LogP contribution >= 0.6 is 11.8 Å². The molecule has 0 aliphatic rings. The summed E-state index contributed by atoms with van der Waals surface area (Å²) in [7, 11) is -4.27. The number of sulfonamides is 1. The minimum atomic E-state index is -4.27. The standard InChI is InChI=1S/C27H23N3O5S2/c31-27(28-22-17-15-21(16-18-22)20-36-23-9-3-1-4-10-23)19-29(25-13-7-8-14-26(25)30(32)33)37(34,35)24-11-5-2-6-12-24/h1-18H,19-20H2,(H,28,31). The molecule has 0 unspecified atom stereocenters. The molecule has 10 heteroatoms. The summed E-state index contributed by atoms with van der Waals surface area (Å²) in [5, 5.41) is 14.3. The minimum Gasteiger partial charge on any atom is -0.325 e. The van der Waals surface area contributed by atoms with Crippen LogP contribution in [0.15, 0.2) is 119 Å². The monoisotopic (exact) mass is 533 g/mol. The molecule has 0 spiro atoms. The van der Waals surface area contributed by atoms with Gasteiger partial charge in [-0.3, -0.25) is 14.9 Å². The van der Waals surface area contributed by atoms with Gasteiger partial charge in [0.2, 0.25) is 5.91 Å². The number of para-hydroxylation sites is 2. The molecular weight excluding hydrogens is 510 g/mol. The Bertz CT molecular complexity index is 1480. The minimum absolute atomic E-state index is 0.0822. The van der Waals surface area contributed by atoms with Crippen molar-refractivity contribution in [1.29, 1.82) is 0 Å². The van der Waals surface area contributed by atoms with Gasteiger partial charge in [-0.25, -0.2) is 12.7 Å². The van der Waals surface area contributed by atoms with E-state index in [1.165, 1.54) is 36.4 Å². The van der Waals surface area contributed by atoms with Crippen molar-refractivity contribution in [3.63, 3.8) is 0 Å². The van der Waals surface area contributed by atoms with Crippen LogP contribution in [-0.4, -0.2) is 25.8 Å². The quantitative estimate of drug-likeness (QED) is 0.159. The molecule has 188 valence electrons. The van der Waals surface area contributed by atoms with Crippen LogP contribution in [-0.2, 0) is 20.6 Å². The summed E-state index contributed by atoms with van der Waals surface area (Å²) in [5.41, 5.74) is 0.924. The van der Waals surface area contributed by atoms with Crippen LogP contribution in [0.2, 0.25) is 0 Å². The molecule has 4 aromatic carbocycles. The molecule has 1 amide bonds. The highest BCUT2D eigenvalue weighted by Crippen LogP contribution is 2.32. The Morgan fingerprint density at radius 3 is 2.08 bits per heavy atom. The van der Waals surface area contributed by atoms with E-state index in [0.717, 1.165) is 20.5 Å². The molecule has 0 fully saturated rings. The first-order valence-electron chi connectivity index (χ1n) is 11.2. The SMILES string of the molecule is O=C(CN(c1ccccc1[N+](=O)[O-])S(=O)(=O)c1ccccc1)Nc1ccc(CSc2ccccc2)cc1. The first-order valence-corrected chi connectivity index (χ1v) is 13.6. The fourth-order valence-corrected chi connectivity index (χ4v) is 5.88. The number of nitro groups is 1. The molecule has 0 saturated carbocycles. The number of carbonyl (C=O) groups is 1. The number of anilines is 2. The van der Waals surface area contributed by atoms with E-state index in [1.54, 1.807) is 42.1 Å². The average molecular weight is 534 g/mol. The van der Waals surface area contributed by atoms with Crippen molar-refractivity contribution in [3.8, 4) is 0 Å². The largest absolute Gasteiger partial charge is 0.325 e. The summed E-state index contributed by atoms with van der Waals surface area (Å²) in [5.74, 6) is 0.114. The lowest BCUT2D eigenvalue weighted by molar-refractivity contribution is -0.384. The summed E-state index contributed by atoms with van der Waals surface area (Å²) in [6.07, 6.45) is 0. The van der Waals surface area contributed by atoms with Crippen LogP contribution in [0.25, 0.3) is 0 Å². The van der Waals surface area contributed by atoms with E-state index in [-0.39, 0.29) is 10.6 Å². The summed E-state index contributed by atoms with van der Waals surface area (Å²) in [6, 6.07) is 30.2. The van der Waals surface area contributed by atoms with Gasteiger partial charge in [0.1, 0.15) is 12.2 Å². The van der Waals surface area contributed by atoms with Crippen molar-refractivity contribution in [1.82, 2.24) is 0 Å². The number of nitrogens with one attached hydrogen (secondary N) is 1. The van der Waals surface area contributed by atoms with Gasteiger partial charge in [-0.1, -0.05) is 60.7 Å². The molecule has 0 aromatic heterocycles. The molecule has 8 nitrogen and oxygen atoms in total. The predicted molar refractivity (Wildman–Crippen MR) is 145 cm³/mol. The van der Waals surface area contributed by atoms with E-state index in [2.05, 4.69) is 5.32 Å². The topological polar surface area (TPSA) is 110 Å². The number of benzene rings is 4. The second-order valence-electron chi connectivity index (χ2n) is 7.92. The van der Waals surface area contributed by atoms with E-state index >= 15 is 0 Å². The zero-order valence-electron chi connectivity index (χ0n) is 19.6. The highest BCUT2D eigenvalue weighted by molar-refractivity contribution is 7.98. The Kier molecular flexibility index (Phi) is 8.22. The number of thioether (sulfide) groups is 1. The van der Waals surface area contributed by atoms with Gasteiger partial charge in [0, 0.05) is 22.4 Å². The van der Waals surface area contributed by atoms with Crippen LogP contribution < -0.4 is 9.62 Å². The van der Waals surface area contributed by atoms with Crippen LogP contribution in [0.5, 0.6) is 0 Å². The molecule has 0 bridgehead atoms. The molecule has 4 rings (SSSR count). The molecule has 1 N–H and O–H groups in total. The first-order chi connectivity index (χ1) is 17.8. The third kappa shape index (κ3) is 6.54. The van der Waals surface area contributed by atoms with Crippen molar-refractivity contribution in [2.24, 2.45) is 0 Å². The van der Waals surface area contributed by atoms with Crippen molar-refractivity contribution < 1.29 is 18.1 Å². The second kappa shape index (κ2) is 11.7. The molecule has 0 aliphatic heterocycles. The lowest BCUT2D eigenvalue weighted by Gasteiger charge is -2.23. The molecule has 0 heterocycles. The van der Waals surface area contributed by atoms with Crippen LogP contribution in [0.4, 0.5) is 17.1 Å². The third-order valence-electron chi connectivity index (χ3n) is 5.35. The third-order valence-corrected chi connectivity index (χ3v) is 8.21. The number of hydrogen-bond acceptors (Lipinski definition) is 6.